The minimum Gasteiger partial charge on any atom is -0.481 e. The predicted molar refractivity (Wildman–Crippen MR) is 80.1 cm³/mol. The third kappa shape index (κ3) is 4.42. The van der Waals surface area contributed by atoms with E-state index in [0.717, 1.165) is 31.4 Å². The lowest BCUT2D eigenvalue weighted by molar-refractivity contribution is -0.142. The van der Waals surface area contributed by atoms with Gasteiger partial charge in [0.1, 0.15) is 0 Å². The molecule has 2 amide bonds. The quantitative estimate of drug-likeness (QED) is 0.836. The zero-order valence-corrected chi connectivity index (χ0v) is 12.9. The van der Waals surface area contributed by atoms with Crippen LogP contribution in [0.4, 0.5) is 4.79 Å². The fraction of sp³-hybridized carbons (Fsp3) is 0.643. The molecule has 1 heterocycles. The van der Waals surface area contributed by atoms with Crippen LogP contribution < -0.4 is 5.32 Å². The molecule has 2 rings (SSSR count). The van der Waals surface area contributed by atoms with E-state index in [1.807, 2.05) is 5.38 Å². The number of hydrogen-bond donors (Lipinski definition) is 2. The Bertz CT molecular complexity index is 478. The van der Waals surface area contributed by atoms with Crippen LogP contribution in [0.1, 0.15) is 37.8 Å². The van der Waals surface area contributed by atoms with E-state index in [9.17, 15) is 14.7 Å². The normalized spacial score (nSPS) is 22.3. The summed E-state index contributed by atoms with van der Waals surface area (Å²) in [7, 11) is 1.70. The Balaban J connectivity index is 1.94. The monoisotopic (exact) mass is 311 g/mol. The highest BCUT2D eigenvalue weighted by molar-refractivity contribution is 7.07. The molecule has 21 heavy (non-hydrogen) atoms. The van der Waals surface area contributed by atoms with Crippen LogP contribution in [0.5, 0.6) is 0 Å². The molecule has 1 aliphatic carbocycles. The number of carbonyl (C=O) groups is 2. The van der Waals surface area contributed by atoms with Crippen molar-refractivity contribution in [3.05, 3.63) is 16.6 Å². The maximum absolute atomic E-state index is 12.2. The second kappa shape index (κ2) is 7.40. The number of aliphatic carboxylic acids is 1. The van der Waals surface area contributed by atoms with Crippen LogP contribution in [0, 0.1) is 5.92 Å². The molecule has 2 atom stereocenters. The Hall–Kier alpha value is -1.63. The number of hydrogen-bond acceptors (Lipinski definition) is 4. The van der Waals surface area contributed by atoms with Gasteiger partial charge in [0.2, 0.25) is 0 Å². The van der Waals surface area contributed by atoms with Gasteiger partial charge in [0.25, 0.3) is 0 Å². The summed E-state index contributed by atoms with van der Waals surface area (Å²) in [6, 6.07) is -0.517. The van der Waals surface area contributed by atoms with Crippen LogP contribution in [0.15, 0.2) is 10.9 Å². The van der Waals surface area contributed by atoms with E-state index in [-0.39, 0.29) is 12.1 Å². The van der Waals surface area contributed by atoms with E-state index in [4.69, 9.17) is 0 Å². The van der Waals surface area contributed by atoms with Crippen molar-refractivity contribution >= 4 is 23.3 Å². The number of urea groups is 1. The molecule has 1 fully saturated rings. The fourth-order valence-electron chi connectivity index (χ4n) is 2.68. The largest absolute Gasteiger partial charge is 0.481 e. The molecule has 1 aliphatic rings. The molecule has 6 nitrogen and oxygen atoms in total. The highest BCUT2D eigenvalue weighted by Gasteiger charge is 2.31. The molecule has 0 aliphatic heterocycles. The lowest BCUT2D eigenvalue weighted by Gasteiger charge is -2.26. The third-order valence-corrected chi connectivity index (χ3v) is 4.51. The van der Waals surface area contributed by atoms with Crippen molar-refractivity contribution in [2.75, 3.05) is 7.05 Å². The topological polar surface area (TPSA) is 82.5 Å². The van der Waals surface area contributed by atoms with Crippen molar-refractivity contribution in [1.29, 1.82) is 0 Å². The van der Waals surface area contributed by atoms with Crippen LogP contribution in [0.2, 0.25) is 0 Å². The summed E-state index contributed by atoms with van der Waals surface area (Å²) in [5, 5.41) is 14.1. The summed E-state index contributed by atoms with van der Waals surface area (Å²) < 4.78 is 0. The van der Waals surface area contributed by atoms with Gasteiger partial charge < -0.3 is 15.3 Å². The number of amides is 2. The molecule has 0 radical (unpaired) electrons. The summed E-state index contributed by atoms with van der Waals surface area (Å²) in [4.78, 5) is 29.3. The number of thiazole rings is 1. The van der Waals surface area contributed by atoms with Crippen LogP contribution in [-0.4, -0.2) is 40.1 Å². The Morgan fingerprint density at radius 3 is 2.86 bits per heavy atom. The van der Waals surface area contributed by atoms with Crippen molar-refractivity contribution in [3.63, 3.8) is 0 Å². The Kier molecular flexibility index (Phi) is 5.55. The number of nitrogens with one attached hydrogen (secondary N) is 1. The molecule has 0 saturated heterocycles. The molecule has 1 aromatic rings. The fourth-order valence-corrected chi connectivity index (χ4v) is 3.22. The van der Waals surface area contributed by atoms with Gasteiger partial charge in [-0.25, -0.2) is 9.78 Å². The van der Waals surface area contributed by atoms with Crippen molar-refractivity contribution in [3.8, 4) is 0 Å². The molecule has 1 saturated carbocycles. The minimum absolute atomic E-state index is 0.235. The lowest BCUT2D eigenvalue weighted by atomic mass is 9.95. The van der Waals surface area contributed by atoms with Gasteiger partial charge >= 0.3 is 12.0 Å². The minimum atomic E-state index is -0.815. The first-order chi connectivity index (χ1) is 10.1. The smallest absolute Gasteiger partial charge is 0.317 e. The summed E-state index contributed by atoms with van der Waals surface area (Å²) in [6.07, 6.45) is 4.27. The highest BCUT2D eigenvalue weighted by atomic mass is 32.1. The average molecular weight is 311 g/mol. The zero-order valence-electron chi connectivity index (χ0n) is 12.1. The molecular formula is C14H21N3O3S. The van der Waals surface area contributed by atoms with Crippen LogP contribution >= 0.6 is 11.3 Å². The maximum atomic E-state index is 12.2. The standard InChI is InChI=1S/C14H21N3O3S/c1-17(7-10-8-21-9-15-10)14(20)16-12-6-4-2-3-5-11(12)13(18)19/h8-9,11-12H,2-7H2,1H3,(H,16,20)(H,18,19). The third-order valence-electron chi connectivity index (χ3n) is 3.87. The number of nitrogens with zero attached hydrogens (tertiary/aromatic N) is 2. The highest BCUT2D eigenvalue weighted by Crippen LogP contribution is 2.24. The van der Waals surface area contributed by atoms with Crippen LogP contribution in [-0.2, 0) is 11.3 Å². The van der Waals surface area contributed by atoms with E-state index in [2.05, 4.69) is 10.3 Å². The van der Waals surface area contributed by atoms with Gasteiger partial charge in [0, 0.05) is 18.5 Å². The van der Waals surface area contributed by atoms with E-state index in [0.29, 0.717) is 13.0 Å². The Morgan fingerprint density at radius 2 is 2.19 bits per heavy atom. The average Bonchev–Trinajstić information content (AvgIpc) is 2.83. The van der Waals surface area contributed by atoms with E-state index in [1.165, 1.54) is 11.3 Å². The van der Waals surface area contributed by atoms with Gasteiger partial charge in [-0.2, -0.15) is 0 Å². The molecule has 0 bridgehead atoms. The molecule has 7 heteroatoms. The summed E-state index contributed by atoms with van der Waals surface area (Å²) in [5.41, 5.74) is 2.57. The molecule has 116 valence electrons. The number of carboxylic acids is 1. The first-order valence-electron chi connectivity index (χ1n) is 7.19. The zero-order chi connectivity index (χ0) is 15.2. The van der Waals surface area contributed by atoms with Crippen molar-refractivity contribution in [2.45, 2.75) is 44.7 Å². The van der Waals surface area contributed by atoms with Crippen molar-refractivity contribution in [1.82, 2.24) is 15.2 Å². The van der Waals surface area contributed by atoms with E-state index >= 15 is 0 Å². The molecule has 0 spiro atoms. The number of rotatable bonds is 4. The van der Waals surface area contributed by atoms with Crippen LogP contribution in [0.3, 0.4) is 0 Å². The van der Waals surface area contributed by atoms with E-state index in [1.54, 1.807) is 17.5 Å². The summed E-state index contributed by atoms with van der Waals surface area (Å²) in [5.74, 6) is -1.30. The Labute approximate surface area is 128 Å². The number of carbonyl (C=O) groups excluding carboxylic acids is 1. The van der Waals surface area contributed by atoms with Crippen LogP contribution in [0.25, 0.3) is 0 Å². The molecule has 2 N–H and O–H groups in total. The second-order valence-corrected chi connectivity index (χ2v) is 6.19. The van der Waals surface area contributed by atoms with Gasteiger partial charge in [-0.15, -0.1) is 11.3 Å². The van der Waals surface area contributed by atoms with E-state index < -0.39 is 11.9 Å². The first kappa shape index (κ1) is 15.8. The lowest BCUT2D eigenvalue weighted by Crippen LogP contribution is -2.47. The Morgan fingerprint density at radius 1 is 1.43 bits per heavy atom. The number of aromatic nitrogens is 1. The van der Waals surface area contributed by atoms with Gasteiger partial charge in [0.05, 0.1) is 23.7 Å². The maximum Gasteiger partial charge on any atom is 0.317 e. The van der Waals surface area contributed by atoms with Crippen molar-refractivity contribution in [2.24, 2.45) is 5.92 Å². The predicted octanol–water partition coefficient (Wildman–Crippen LogP) is 2.32. The SMILES string of the molecule is CN(Cc1cscn1)C(=O)NC1CCCCCC1C(=O)O. The second-order valence-electron chi connectivity index (χ2n) is 5.47. The van der Waals surface area contributed by atoms with Crippen molar-refractivity contribution < 1.29 is 14.7 Å². The summed E-state index contributed by atoms with van der Waals surface area (Å²) in [6.45, 7) is 0.430. The molecular weight excluding hydrogens is 290 g/mol. The first-order valence-corrected chi connectivity index (χ1v) is 8.13. The number of carboxylic acid groups (broad SMARTS) is 1. The van der Waals surface area contributed by atoms with Gasteiger partial charge in [0.15, 0.2) is 0 Å². The molecule has 1 aromatic heterocycles. The van der Waals surface area contributed by atoms with Gasteiger partial charge in [-0.05, 0) is 12.8 Å². The van der Waals surface area contributed by atoms with Gasteiger partial charge in [-0.1, -0.05) is 19.3 Å². The van der Waals surface area contributed by atoms with Gasteiger partial charge in [-0.3, -0.25) is 4.79 Å². The molecule has 0 aromatic carbocycles. The molecule has 2 unspecified atom stereocenters. The summed E-state index contributed by atoms with van der Waals surface area (Å²) >= 11 is 1.49.